The smallest absolute Gasteiger partial charge is 0.279 e. The molecule has 1 saturated heterocycles. The van der Waals surface area contributed by atoms with E-state index in [-0.39, 0.29) is 16.4 Å². The lowest BCUT2D eigenvalue weighted by molar-refractivity contribution is -0.126. The molecule has 2 aliphatic heterocycles. The lowest BCUT2D eigenvalue weighted by atomic mass is 9.94. The van der Waals surface area contributed by atoms with Crippen LogP contribution >= 0.6 is 23.2 Å². The first kappa shape index (κ1) is 16.1. The number of imide groups is 1. The molecule has 2 amide bonds. The molecular formula is C17H9Cl2FN2O3. The van der Waals surface area contributed by atoms with Crippen LogP contribution in [-0.4, -0.2) is 23.6 Å². The fourth-order valence-electron chi connectivity index (χ4n) is 2.93. The first-order valence-electron chi connectivity index (χ1n) is 7.30. The first-order valence-corrected chi connectivity index (χ1v) is 8.05. The van der Waals surface area contributed by atoms with Gasteiger partial charge in [-0.3, -0.25) is 9.59 Å². The molecule has 0 aliphatic carbocycles. The number of benzene rings is 2. The van der Waals surface area contributed by atoms with Crippen molar-refractivity contribution in [3.8, 4) is 0 Å². The molecule has 0 N–H and O–H groups in total. The predicted octanol–water partition coefficient (Wildman–Crippen LogP) is 3.43. The van der Waals surface area contributed by atoms with Crippen LogP contribution in [0.15, 0.2) is 47.6 Å². The van der Waals surface area contributed by atoms with Crippen molar-refractivity contribution in [3.05, 3.63) is 63.9 Å². The van der Waals surface area contributed by atoms with Crippen LogP contribution in [0.4, 0.5) is 10.1 Å². The molecule has 25 heavy (non-hydrogen) atoms. The Labute approximate surface area is 151 Å². The normalized spacial score (nSPS) is 22.0. The second kappa shape index (κ2) is 5.82. The van der Waals surface area contributed by atoms with Gasteiger partial charge < -0.3 is 4.84 Å². The Kier molecular flexibility index (Phi) is 3.74. The largest absolute Gasteiger partial charge is 0.381 e. The van der Waals surface area contributed by atoms with E-state index in [0.29, 0.717) is 10.6 Å². The van der Waals surface area contributed by atoms with E-state index in [1.807, 2.05) is 0 Å². The molecule has 5 nitrogen and oxygen atoms in total. The van der Waals surface area contributed by atoms with Crippen molar-refractivity contribution in [2.45, 2.75) is 6.10 Å². The number of nitrogens with zero attached hydrogens (tertiary/aromatic N) is 2. The molecule has 0 aromatic heterocycles. The number of carbonyl (C=O) groups excluding carboxylic acids is 2. The Balaban J connectivity index is 1.73. The van der Waals surface area contributed by atoms with Gasteiger partial charge in [0.2, 0.25) is 12.0 Å². The third-order valence-corrected chi connectivity index (χ3v) is 4.66. The molecule has 0 radical (unpaired) electrons. The zero-order valence-corrected chi connectivity index (χ0v) is 14.0. The third-order valence-electron chi connectivity index (χ3n) is 4.10. The third kappa shape index (κ3) is 2.49. The fourth-order valence-corrected chi connectivity index (χ4v) is 3.30. The standard InChI is InChI=1S/C17H9Cl2FN2O3/c18-9-3-6-11(19)12(7-9)22-16(23)13-14(21-25-15(13)17(22)24)8-1-4-10(20)5-2-8/h1-7,13,15H/t13-,15+/m1/s1. The minimum atomic E-state index is -1.07. The quantitative estimate of drug-likeness (QED) is 0.752. The highest BCUT2D eigenvalue weighted by atomic mass is 35.5. The van der Waals surface area contributed by atoms with E-state index in [0.717, 1.165) is 4.90 Å². The van der Waals surface area contributed by atoms with E-state index >= 15 is 0 Å². The van der Waals surface area contributed by atoms with Crippen LogP contribution in [0.2, 0.25) is 10.0 Å². The van der Waals surface area contributed by atoms with Crippen LogP contribution in [0.1, 0.15) is 5.56 Å². The van der Waals surface area contributed by atoms with Crippen molar-refractivity contribution in [3.63, 3.8) is 0 Å². The molecule has 2 aromatic carbocycles. The highest BCUT2D eigenvalue weighted by Gasteiger charge is 2.56. The average molecular weight is 379 g/mol. The van der Waals surface area contributed by atoms with Gasteiger partial charge in [-0.25, -0.2) is 9.29 Å². The fraction of sp³-hybridized carbons (Fsp3) is 0.118. The van der Waals surface area contributed by atoms with Crippen LogP contribution in [0, 0.1) is 11.7 Å². The molecular weight excluding hydrogens is 370 g/mol. The van der Waals surface area contributed by atoms with Crippen molar-refractivity contribution in [2.75, 3.05) is 4.90 Å². The summed E-state index contributed by atoms with van der Waals surface area (Å²) in [5.41, 5.74) is 0.985. The summed E-state index contributed by atoms with van der Waals surface area (Å²) in [6.07, 6.45) is -1.07. The molecule has 0 unspecified atom stereocenters. The van der Waals surface area contributed by atoms with E-state index in [1.165, 1.54) is 36.4 Å². The summed E-state index contributed by atoms with van der Waals surface area (Å²) in [5, 5.41) is 4.41. The maximum absolute atomic E-state index is 13.1. The first-order chi connectivity index (χ1) is 12.0. The number of rotatable bonds is 2. The zero-order chi connectivity index (χ0) is 17.7. The van der Waals surface area contributed by atoms with Crippen LogP contribution in [0.3, 0.4) is 0 Å². The molecule has 8 heteroatoms. The van der Waals surface area contributed by atoms with Gasteiger partial charge >= 0.3 is 0 Å². The van der Waals surface area contributed by atoms with Crippen molar-refractivity contribution in [1.82, 2.24) is 0 Å². The number of carbonyl (C=O) groups is 2. The maximum Gasteiger partial charge on any atom is 0.279 e. The lowest BCUT2D eigenvalue weighted by Crippen LogP contribution is -2.33. The van der Waals surface area contributed by atoms with Gasteiger partial charge in [0.15, 0.2) is 0 Å². The molecule has 4 rings (SSSR count). The summed E-state index contributed by atoms with van der Waals surface area (Å²) in [6, 6.07) is 9.95. The van der Waals surface area contributed by atoms with Gasteiger partial charge in [-0.15, -0.1) is 0 Å². The molecule has 2 heterocycles. The molecule has 126 valence electrons. The van der Waals surface area contributed by atoms with Crippen molar-refractivity contribution < 1.29 is 18.8 Å². The second-order valence-electron chi connectivity index (χ2n) is 5.59. The Morgan fingerprint density at radius 1 is 1.04 bits per heavy atom. The minimum Gasteiger partial charge on any atom is -0.381 e. The highest BCUT2D eigenvalue weighted by molar-refractivity contribution is 6.39. The molecule has 0 spiro atoms. The highest BCUT2D eigenvalue weighted by Crippen LogP contribution is 2.38. The summed E-state index contributed by atoms with van der Waals surface area (Å²) >= 11 is 12.1. The molecule has 2 aromatic rings. The SMILES string of the molecule is O=C1[C@@H]2C(c3ccc(F)cc3)=NO[C@@H]2C(=O)N1c1cc(Cl)ccc1Cl. The molecule has 0 bridgehead atoms. The lowest BCUT2D eigenvalue weighted by Gasteiger charge is -2.17. The minimum absolute atomic E-state index is 0.195. The summed E-state index contributed by atoms with van der Waals surface area (Å²) in [6.45, 7) is 0. The van der Waals surface area contributed by atoms with Gasteiger partial charge in [-0.1, -0.05) is 40.5 Å². The molecule has 2 atom stereocenters. The summed E-state index contributed by atoms with van der Waals surface area (Å²) in [7, 11) is 0. The van der Waals surface area contributed by atoms with E-state index in [4.69, 9.17) is 28.0 Å². The number of oxime groups is 1. The van der Waals surface area contributed by atoms with E-state index in [2.05, 4.69) is 5.16 Å². The Morgan fingerprint density at radius 3 is 2.48 bits per heavy atom. The Morgan fingerprint density at radius 2 is 1.76 bits per heavy atom. The van der Waals surface area contributed by atoms with Crippen LogP contribution in [0.5, 0.6) is 0 Å². The van der Waals surface area contributed by atoms with Gasteiger partial charge in [0.05, 0.1) is 10.7 Å². The van der Waals surface area contributed by atoms with Gasteiger partial charge in [-0.2, -0.15) is 0 Å². The number of hydrogen-bond acceptors (Lipinski definition) is 4. The summed E-state index contributed by atoms with van der Waals surface area (Å²) in [4.78, 5) is 31.7. The van der Waals surface area contributed by atoms with Gasteiger partial charge in [0, 0.05) is 10.6 Å². The topological polar surface area (TPSA) is 59.0 Å². The molecule has 2 aliphatic rings. The Hall–Kier alpha value is -2.44. The average Bonchev–Trinajstić information content (AvgIpc) is 3.12. The number of halogens is 3. The number of anilines is 1. The Bertz CT molecular complexity index is 930. The number of hydrogen-bond donors (Lipinski definition) is 0. The van der Waals surface area contributed by atoms with E-state index in [1.54, 1.807) is 6.07 Å². The molecule has 0 saturated carbocycles. The van der Waals surface area contributed by atoms with Gasteiger partial charge in [0.1, 0.15) is 17.4 Å². The van der Waals surface area contributed by atoms with Gasteiger partial charge in [-0.05, 0) is 30.3 Å². The van der Waals surface area contributed by atoms with Crippen molar-refractivity contribution in [1.29, 1.82) is 0 Å². The van der Waals surface area contributed by atoms with Crippen molar-refractivity contribution in [2.24, 2.45) is 11.1 Å². The summed E-state index contributed by atoms with van der Waals surface area (Å²) in [5.74, 6) is -2.41. The van der Waals surface area contributed by atoms with E-state index in [9.17, 15) is 14.0 Å². The molecule has 1 fully saturated rings. The number of fused-ring (bicyclic) bond motifs is 1. The van der Waals surface area contributed by atoms with Gasteiger partial charge in [0.25, 0.3) is 5.91 Å². The second-order valence-corrected chi connectivity index (χ2v) is 6.44. The predicted molar refractivity (Wildman–Crippen MR) is 90.3 cm³/mol. The number of amides is 2. The van der Waals surface area contributed by atoms with Crippen LogP contribution in [0.25, 0.3) is 0 Å². The van der Waals surface area contributed by atoms with Crippen LogP contribution in [-0.2, 0) is 14.4 Å². The van der Waals surface area contributed by atoms with Crippen molar-refractivity contribution >= 4 is 46.4 Å². The summed E-state index contributed by atoms with van der Waals surface area (Å²) < 4.78 is 13.1. The van der Waals surface area contributed by atoms with Crippen LogP contribution < -0.4 is 4.90 Å². The maximum atomic E-state index is 13.1. The monoisotopic (exact) mass is 378 g/mol. The zero-order valence-electron chi connectivity index (χ0n) is 12.4. The van der Waals surface area contributed by atoms with E-state index < -0.39 is 29.7 Å².